The highest BCUT2D eigenvalue weighted by molar-refractivity contribution is 5.92. The van der Waals surface area contributed by atoms with Gasteiger partial charge in [-0.25, -0.2) is 9.50 Å². The molecule has 0 aliphatic heterocycles. The Morgan fingerprint density at radius 2 is 1.90 bits per heavy atom. The van der Waals surface area contributed by atoms with Gasteiger partial charge in [-0.1, -0.05) is 6.07 Å². The number of rotatable bonds is 4. The number of hydrogen-bond donors (Lipinski definition) is 2. The summed E-state index contributed by atoms with van der Waals surface area (Å²) in [6.45, 7) is 5.15. The van der Waals surface area contributed by atoms with E-state index in [2.05, 4.69) is 20.4 Å². The summed E-state index contributed by atoms with van der Waals surface area (Å²) >= 11 is 0. The monoisotopic (exact) mass is 428 g/mol. The number of hydrogen-bond acceptors (Lipinski definition) is 5. The molecule has 1 aromatic carbocycles. The van der Waals surface area contributed by atoms with Gasteiger partial charge >= 0.3 is 6.18 Å². The second kappa shape index (κ2) is 8.24. The van der Waals surface area contributed by atoms with Crippen molar-refractivity contribution >= 4 is 35.5 Å². The molecular formula is C18H20ClF3N6O. The van der Waals surface area contributed by atoms with E-state index in [9.17, 15) is 18.0 Å². The fraction of sp³-hybridized carbons (Fsp3) is 0.333. The summed E-state index contributed by atoms with van der Waals surface area (Å²) in [5.74, 6) is -1.59. The summed E-state index contributed by atoms with van der Waals surface area (Å²) in [5.41, 5.74) is 9.41. The summed E-state index contributed by atoms with van der Waals surface area (Å²) in [4.78, 5) is 19.9. The highest BCUT2D eigenvalue weighted by Crippen LogP contribution is 2.27. The van der Waals surface area contributed by atoms with E-state index in [-0.39, 0.29) is 30.5 Å². The maximum Gasteiger partial charge on any atom is 0.453 e. The van der Waals surface area contributed by atoms with Crippen LogP contribution in [-0.2, 0) is 17.4 Å². The minimum absolute atomic E-state index is 0. The van der Waals surface area contributed by atoms with Gasteiger partial charge in [0.15, 0.2) is 0 Å². The molecule has 3 aromatic rings. The molecule has 3 N–H and O–H groups in total. The number of halogens is 4. The number of nitrogens with two attached hydrogens (primary N) is 1. The van der Waals surface area contributed by atoms with Crippen molar-refractivity contribution in [1.82, 2.24) is 19.6 Å². The molecule has 2 aromatic heterocycles. The van der Waals surface area contributed by atoms with E-state index >= 15 is 0 Å². The van der Waals surface area contributed by atoms with E-state index in [1.54, 1.807) is 32.0 Å². The molecule has 2 heterocycles. The van der Waals surface area contributed by atoms with Crippen molar-refractivity contribution in [3.63, 3.8) is 0 Å². The van der Waals surface area contributed by atoms with Crippen LogP contribution in [0.5, 0.6) is 0 Å². The molecule has 11 heteroatoms. The summed E-state index contributed by atoms with van der Waals surface area (Å²) in [6.07, 6.45) is -4.22. The SMILES string of the molecule is Cc1ccc(N)cc1NC(=O)CCc1c(C)nc2nc(C(F)(F)F)nn2c1C.Cl. The summed E-state index contributed by atoms with van der Waals surface area (Å²) in [5, 5.41) is 6.30. The van der Waals surface area contributed by atoms with Crippen LogP contribution in [0.4, 0.5) is 24.5 Å². The molecule has 0 bridgehead atoms. The first-order valence-electron chi connectivity index (χ1n) is 8.52. The number of nitrogens with zero attached hydrogens (tertiary/aromatic N) is 4. The highest BCUT2D eigenvalue weighted by atomic mass is 35.5. The van der Waals surface area contributed by atoms with Crippen LogP contribution < -0.4 is 11.1 Å². The molecule has 7 nitrogen and oxygen atoms in total. The lowest BCUT2D eigenvalue weighted by Crippen LogP contribution is -2.15. The summed E-state index contributed by atoms with van der Waals surface area (Å²) in [6, 6.07) is 5.22. The van der Waals surface area contributed by atoms with Gasteiger partial charge in [0.25, 0.3) is 11.6 Å². The van der Waals surface area contributed by atoms with Crippen molar-refractivity contribution in [1.29, 1.82) is 0 Å². The molecule has 0 fully saturated rings. The van der Waals surface area contributed by atoms with E-state index in [1.165, 1.54) is 0 Å². The largest absolute Gasteiger partial charge is 0.453 e. The fourth-order valence-electron chi connectivity index (χ4n) is 2.92. The third-order valence-corrected chi connectivity index (χ3v) is 4.44. The molecule has 29 heavy (non-hydrogen) atoms. The van der Waals surface area contributed by atoms with E-state index in [0.29, 0.717) is 34.7 Å². The van der Waals surface area contributed by atoms with Gasteiger partial charge in [-0.2, -0.15) is 18.2 Å². The molecular weight excluding hydrogens is 409 g/mol. The molecule has 0 atom stereocenters. The average Bonchev–Trinajstić information content (AvgIpc) is 3.02. The van der Waals surface area contributed by atoms with Crippen molar-refractivity contribution < 1.29 is 18.0 Å². The summed E-state index contributed by atoms with van der Waals surface area (Å²) in [7, 11) is 0. The first-order chi connectivity index (χ1) is 13.1. The van der Waals surface area contributed by atoms with Crippen molar-refractivity contribution in [2.24, 2.45) is 0 Å². The zero-order valence-electron chi connectivity index (χ0n) is 16.0. The molecule has 0 unspecified atom stereocenters. The highest BCUT2D eigenvalue weighted by Gasteiger charge is 2.36. The topological polar surface area (TPSA) is 98.2 Å². The Morgan fingerprint density at radius 3 is 2.55 bits per heavy atom. The number of benzene rings is 1. The Balaban J connectivity index is 0.00000300. The fourth-order valence-corrected chi connectivity index (χ4v) is 2.92. The van der Waals surface area contributed by atoms with E-state index in [1.807, 2.05) is 6.92 Å². The Hall–Kier alpha value is -2.88. The number of aryl methyl sites for hydroxylation is 3. The Morgan fingerprint density at radius 1 is 1.21 bits per heavy atom. The van der Waals surface area contributed by atoms with E-state index in [4.69, 9.17) is 5.73 Å². The number of carbonyl (C=O) groups is 1. The van der Waals surface area contributed by atoms with Gasteiger partial charge in [-0.05, 0) is 50.5 Å². The number of nitrogens with one attached hydrogen (secondary N) is 1. The molecule has 0 aliphatic carbocycles. The van der Waals surface area contributed by atoms with Crippen LogP contribution in [0, 0.1) is 20.8 Å². The number of amides is 1. The number of nitrogen functional groups attached to an aromatic ring is 1. The minimum Gasteiger partial charge on any atom is -0.399 e. The second-order valence-corrected chi connectivity index (χ2v) is 6.53. The van der Waals surface area contributed by atoms with Gasteiger partial charge in [-0.15, -0.1) is 17.5 Å². The van der Waals surface area contributed by atoms with Crippen LogP contribution in [0.15, 0.2) is 18.2 Å². The molecule has 3 rings (SSSR count). The molecule has 0 saturated carbocycles. The Kier molecular flexibility index (Phi) is 6.37. The number of alkyl halides is 3. The van der Waals surface area contributed by atoms with E-state index in [0.717, 1.165) is 10.1 Å². The molecule has 1 amide bonds. The van der Waals surface area contributed by atoms with Crippen LogP contribution in [0.2, 0.25) is 0 Å². The van der Waals surface area contributed by atoms with Crippen LogP contribution in [0.1, 0.15) is 34.8 Å². The van der Waals surface area contributed by atoms with Gasteiger partial charge < -0.3 is 11.1 Å². The summed E-state index contributed by atoms with van der Waals surface area (Å²) < 4.78 is 39.6. The zero-order valence-corrected chi connectivity index (χ0v) is 16.8. The van der Waals surface area contributed by atoms with Crippen molar-refractivity contribution in [3.8, 4) is 0 Å². The predicted octanol–water partition coefficient (Wildman–Crippen LogP) is 3.64. The van der Waals surface area contributed by atoms with Gasteiger partial charge in [0.1, 0.15) is 0 Å². The third-order valence-electron chi connectivity index (χ3n) is 4.44. The standard InChI is InChI=1S/C18H19F3N6O.ClH/c1-9-4-5-12(22)8-14(9)24-15(28)7-6-13-10(2)23-17-25-16(18(19,20)21)26-27(17)11(13)3;/h4-5,8H,6-7,22H2,1-3H3,(H,24,28);1H. The molecule has 0 saturated heterocycles. The number of fused-ring (bicyclic) bond motifs is 1. The number of aromatic nitrogens is 4. The third kappa shape index (κ3) is 4.76. The van der Waals surface area contributed by atoms with Gasteiger partial charge in [0.05, 0.1) is 0 Å². The zero-order chi connectivity index (χ0) is 20.6. The predicted molar refractivity (Wildman–Crippen MR) is 105 cm³/mol. The van der Waals surface area contributed by atoms with Gasteiger partial charge in [-0.3, -0.25) is 4.79 Å². The number of anilines is 2. The van der Waals surface area contributed by atoms with Crippen molar-refractivity contribution in [2.45, 2.75) is 39.8 Å². The maximum absolute atomic E-state index is 12.9. The minimum atomic E-state index is -4.65. The lowest BCUT2D eigenvalue weighted by Gasteiger charge is -2.12. The second-order valence-electron chi connectivity index (χ2n) is 6.53. The Bertz CT molecular complexity index is 1060. The first kappa shape index (κ1) is 22.4. The number of carbonyl (C=O) groups excluding carboxylic acids is 1. The van der Waals surface area contributed by atoms with Gasteiger partial charge in [0.2, 0.25) is 5.91 Å². The van der Waals surface area contributed by atoms with Crippen molar-refractivity contribution in [3.05, 3.63) is 46.5 Å². The molecule has 156 valence electrons. The normalized spacial score (nSPS) is 11.4. The van der Waals surface area contributed by atoms with Crippen LogP contribution in [0.25, 0.3) is 5.78 Å². The lowest BCUT2D eigenvalue weighted by atomic mass is 10.1. The molecule has 0 radical (unpaired) electrons. The smallest absolute Gasteiger partial charge is 0.399 e. The molecule has 0 spiro atoms. The first-order valence-corrected chi connectivity index (χ1v) is 8.52. The van der Waals surface area contributed by atoms with Crippen molar-refractivity contribution in [2.75, 3.05) is 11.1 Å². The van der Waals surface area contributed by atoms with Crippen LogP contribution in [0.3, 0.4) is 0 Å². The van der Waals surface area contributed by atoms with Crippen LogP contribution >= 0.6 is 12.4 Å². The van der Waals surface area contributed by atoms with E-state index < -0.39 is 12.0 Å². The molecule has 0 aliphatic rings. The lowest BCUT2D eigenvalue weighted by molar-refractivity contribution is -0.144. The Labute approximate surface area is 170 Å². The average molecular weight is 429 g/mol. The maximum atomic E-state index is 12.9. The van der Waals surface area contributed by atoms with Gasteiger partial charge in [0, 0.05) is 29.2 Å². The quantitative estimate of drug-likeness (QED) is 0.618. The van der Waals surface area contributed by atoms with Crippen LogP contribution in [-0.4, -0.2) is 25.5 Å².